The van der Waals surface area contributed by atoms with Crippen LogP contribution in [-0.2, 0) is 11.3 Å². The third kappa shape index (κ3) is 2.48. The van der Waals surface area contributed by atoms with Gasteiger partial charge in [-0.3, -0.25) is 0 Å². The summed E-state index contributed by atoms with van der Waals surface area (Å²) >= 11 is 0. The van der Waals surface area contributed by atoms with Crippen molar-refractivity contribution in [2.24, 2.45) is 0 Å². The van der Waals surface area contributed by atoms with Gasteiger partial charge in [0.1, 0.15) is 11.3 Å². The second-order valence-corrected chi connectivity index (χ2v) is 4.93. The van der Waals surface area contributed by atoms with Crippen LogP contribution in [-0.4, -0.2) is 39.5 Å². The Morgan fingerprint density at radius 1 is 1.37 bits per heavy atom. The summed E-state index contributed by atoms with van der Waals surface area (Å²) in [5.74, 6) is 1.55. The van der Waals surface area contributed by atoms with Crippen LogP contribution < -0.4 is 0 Å². The molecule has 19 heavy (non-hydrogen) atoms. The van der Waals surface area contributed by atoms with Crippen molar-refractivity contribution < 1.29 is 9.84 Å². The van der Waals surface area contributed by atoms with Crippen LogP contribution in [0.1, 0.15) is 31.0 Å². The number of nitrogens with zero attached hydrogens (tertiary/aromatic N) is 3. The monoisotopic (exact) mass is 261 g/mol. The number of rotatable bonds is 4. The zero-order valence-corrected chi connectivity index (χ0v) is 11.0. The maximum Gasteiger partial charge on any atom is 0.159 e. The van der Waals surface area contributed by atoms with E-state index in [9.17, 15) is 0 Å². The smallest absolute Gasteiger partial charge is 0.159 e. The molecule has 1 saturated heterocycles. The van der Waals surface area contributed by atoms with Crippen molar-refractivity contribution in [3.05, 3.63) is 24.2 Å². The highest BCUT2D eigenvalue weighted by molar-refractivity contribution is 5.71. The number of ether oxygens (including phenoxy) is 1. The molecular formula is C14H19N3O2. The molecule has 0 atom stereocenters. The summed E-state index contributed by atoms with van der Waals surface area (Å²) in [7, 11) is 0. The van der Waals surface area contributed by atoms with Crippen LogP contribution in [0.3, 0.4) is 0 Å². The van der Waals surface area contributed by atoms with E-state index in [4.69, 9.17) is 14.8 Å². The molecule has 0 radical (unpaired) electrons. The lowest BCUT2D eigenvalue weighted by atomic mass is 9.99. The number of aryl methyl sites for hydroxylation is 1. The minimum Gasteiger partial charge on any atom is -0.396 e. The molecule has 1 aliphatic rings. The van der Waals surface area contributed by atoms with Gasteiger partial charge in [-0.05, 0) is 31.4 Å². The van der Waals surface area contributed by atoms with E-state index in [2.05, 4.69) is 9.55 Å². The summed E-state index contributed by atoms with van der Waals surface area (Å²) in [6, 6.07) is 3.92. The summed E-state index contributed by atoms with van der Waals surface area (Å²) in [6.45, 7) is 2.58. The molecule has 0 spiro atoms. The highest BCUT2D eigenvalue weighted by Gasteiger charge is 2.22. The highest BCUT2D eigenvalue weighted by atomic mass is 16.5. The van der Waals surface area contributed by atoms with Gasteiger partial charge in [0.2, 0.25) is 0 Å². The molecule has 0 bridgehead atoms. The Hall–Kier alpha value is -1.46. The van der Waals surface area contributed by atoms with Crippen molar-refractivity contribution in [2.75, 3.05) is 19.8 Å². The fraction of sp³-hybridized carbons (Fsp3) is 0.571. The third-order valence-corrected chi connectivity index (χ3v) is 3.66. The molecule has 0 aromatic carbocycles. The molecule has 1 aliphatic heterocycles. The van der Waals surface area contributed by atoms with Gasteiger partial charge in [-0.15, -0.1) is 0 Å². The van der Waals surface area contributed by atoms with E-state index >= 15 is 0 Å². The highest BCUT2D eigenvalue weighted by Crippen LogP contribution is 2.28. The van der Waals surface area contributed by atoms with Gasteiger partial charge in [0, 0.05) is 38.5 Å². The van der Waals surface area contributed by atoms with Crippen molar-refractivity contribution in [1.82, 2.24) is 14.5 Å². The van der Waals surface area contributed by atoms with Gasteiger partial charge in [-0.25, -0.2) is 9.97 Å². The molecule has 0 amide bonds. The fourth-order valence-electron chi connectivity index (χ4n) is 2.69. The van der Waals surface area contributed by atoms with E-state index < -0.39 is 0 Å². The maximum atomic E-state index is 9.06. The van der Waals surface area contributed by atoms with Gasteiger partial charge < -0.3 is 14.4 Å². The Kier molecular flexibility index (Phi) is 3.75. The first-order valence-corrected chi connectivity index (χ1v) is 6.90. The Labute approximate surface area is 112 Å². The molecule has 3 heterocycles. The first-order valence-electron chi connectivity index (χ1n) is 6.90. The first kappa shape index (κ1) is 12.6. The third-order valence-electron chi connectivity index (χ3n) is 3.66. The standard InChI is InChI=1S/C14H19N3O2/c18-8-2-7-17-13(11-4-9-19-10-5-11)16-12-3-1-6-15-14(12)17/h1,3,6,11,18H,2,4-5,7-10H2. The van der Waals surface area contributed by atoms with E-state index in [1.54, 1.807) is 6.20 Å². The van der Waals surface area contributed by atoms with Crippen molar-refractivity contribution in [3.63, 3.8) is 0 Å². The maximum absolute atomic E-state index is 9.06. The SMILES string of the molecule is OCCCn1c(C2CCOCC2)nc2cccnc21. The van der Waals surface area contributed by atoms with E-state index in [1.165, 1.54) is 0 Å². The summed E-state index contributed by atoms with van der Waals surface area (Å²) in [6.07, 6.45) is 4.57. The second kappa shape index (κ2) is 5.67. The number of imidazole rings is 1. The topological polar surface area (TPSA) is 60.2 Å². The minimum atomic E-state index is 0.194. The van der Waals surface area contributed by atoms with Crippen molar-refractivity contribution in [2.45, 2.75) is 31.7 Å². The molecule has 1 N–H and O–H groups in total. The van der Waals surface area contributed by atoms with E-state index in [0.29, 0.717) is 5.92 Å². The molecule has 2 aromatic heterocycles. The molecule has 0 aliphatic carbocycles. The zero-order valence-electron chi connectivity index (χ0n) is 11.0. The van der Waals surface area contributed by atoms with Gasteiger partial charge in [0.25, 0.3) is 0 Å². The Balaban J connectivity index is 2.00. The molecule has 102 valence electrons. The zero-order chi connectivity index (χ0) is 13.1. The van der Waals surface area contributed by atoms with Crippen LogP contribution in [0.15, 0.2) is 18.3 Å². The molecule has 1 fully saturated rings. The fourth-order valence-corrected chi connectivity index (χ4v) is 2.69. The average molecular weight is 261 g/mol. The van der Waals surface area contributed by atoms with E-state index in [0.717, 1.165) is 56.0 Å². The van der Waals surface area contributed by atoms with E-state index in [1.807, 2.05) is 12.1 Å². The number of aliphatic hydroxyl groups is 1. The molecule has 2 aromatic rings. The summed E-state index contributed by atoms with van der Waals surface area (Å²) in [5, 5.41) is 9.06. The molecule has 3 rings (SSSR count). The summed E-state index contributed by atoms with van der Waals surface area (Å²) in [4.78, 5) is 9.19. The normalized spacial score (nSPS) is 17.1. The molecule has 0 saturated carbocycles. The predicted octanol–water partition coefficient (Wildman–Crippen LogP) is 1.71. The van der Waals surface area contributed by atoms with Crippen molar-refractivity contribution >= 4 is 11.2 Å². The van der Waals surface area contributed by atoms with Gasteiger partial charge in [0.15, 0.2) is 5.65 Å². The Morgan fingerprint density at radius 3 is 3.00 bits per heavy atom. The Morgan fingerprint density at radius 2 is 2.21 bits per heavy atom. The van der Waals surface area contributed by atoms with Gasteiger partial charge in [0.05, 0.1) is 0 Å². The second-order valence-electron chi connectivity index (χ2n) is 4.93. The predicted molar refractivity (Wildman–Crippen MR) is 72.0 cm³/mol. The van der Waals surface area contributed by atoms with Crippen LogP contribution in [0.4, 0.5) is 0 Å². The number of fused-ring (bicyclic) bond motifs is 1. The van der Waals surface area contributed by atoms with Crippen LogP contribution in [0.5, 0.6) is 0 Å². The lowest BCUT2D eigenvalue weighted by molar-refractivity contribution is 0.0828. The number of hydrogen-bond acceptors (Lipinski definition) is 4. The number of hydrogen-bond donors (Lipinski definition) is 1. The lowest BCUT2D eigenvalue weighted by Gasteiger charge is -2.22. The van der Waals surface area contributed by atoms with E-state index in [-0.39, 0.29) is 6.61 Å². The molecule has 5 nitrogen and oxygen atoms in total. The van der Waals surface area contributed by atoms with Gasteiger partial charge >= 0.3 is 0 Å². The summed E-state index contributed by atoms with van der Waals surface area (Å²) in [5.41, 5.74) is 1.87. The summed E-state index contributed by atoms with van der Waals surface area (Å²) < 4.78 is 7.59. The minimum absolute atomic E-state index is 0.194. The van der Waals surface area contributed by atoms with Crippen molar-refractivity contribution in [3.8, 4) is 0 Å². The first-order chi connectivity index (χ1) is 9.40. The largest absolute Gasteiger partial charge is 0.396 e. The van der Waals surface area contributed by atoms with Crippen LogP contribution in [0, 0.1) is 0 Å². The van der Waals surface area contributed by atoms with Gasteiger partial charge in [-0.2, -0.15) is 0 Å². The quantitative estimate of drug-likeness (QED) is 0.910. The lowest BCUT2D eigenvalue weighted by Crippen LogP contribution is -2.18. The van der Waals surface area contributed by atoms with Crippen LogP contribution in [0.2, 0.25) is 0 Å². The van der Waals surface area contributed by atoms with Crippen molar-refractivity contribution in [1.29, 1.82) is 0 Å². The average Bonchev–Trinajstić information content (AvgIpc) is 2.85. The number of aromatic nitrogens is 3. The Bertz CT molecular complexity index is 547. The molecular weight excluding hydrogens is 242 g/mol. The number of pyridine rings is 1. The number of aliphatic hydroxyl groups excluding tert-OH is 1. The van der Waals surface area contributed by atoms with Crippen LogP contribution >= 0.6 is 0 Å². The van der Waals surface area contributed by atoms with Crippen LogP contribution in [0.25, 0.3) is 11.2 Å². The van der Waals surface area contributed by atoms with Gasteiger partial charge in [-0.1, -0.05) is 0 Å². The molecule has 5 heteroatoms. The molecule has 0 unspecified atom stereocenters.